The summed E-state index contributed by atoms with van der Waals surface area (Å²) in [5.41, 5.74) is 6.08. The van der Waals surface area contributed by atoms with Crippen molar-refractivity contribution < 1.29 is 4.79 Å². The van der Waals surface area contributed by atoms with Crippen molar-refractivity contribution in [3.05, 3.63) is 38.4 Å². The van der Waals surface area contributed by atoms with Crippen LogP contribution in [0.25, 0.3) is 0 Å². The standard InChI is InChI=1S/C10H9IN4OS/c11-7-3-1-2-6(4-7)9(16)13-5-8-14-15-10(12)17-8/h1-4H,5H2,(H2,12,15)(H,13,16). The number of amides is 1. The first-order valence-corrected chi connectivity index (χ1v) is 6.66. The van der Waals surface area contributed by atoms with E-state index in [1.54, 1.807) is 6.07 Å². The Labute approximate surface area is 116 Å². The second-order valence-corrected chi connectivity index (χ2v) is 5.57. The minimum absolute atomic E-state index is 0.128. The third-order valence-electron chi connectivity index (χ3n) is 1.97. The van der Waals surface area contributed by atoms with E-state index in [1.165, 1.54) is 11.3 Å². The average Bonchev–Trinajstić information content (AvgIpc) is 2.72. The van der Waals surface area contributed by atoms with Gasteiger partial charge in [0.1, 0.15) is 5.01 Å². The lowest BCUT2D eigenvalue weighted by atomic mass is 10.2. The van der Waals surface area contributed by atoms with Crippen LogP contribution in [0.1, 0.15) is 15.4 Å². The van der Waals surface area contributed by atoms with Gasteiger partial charge in [0.25, 0.3) is 5.91 Å². The molecule has 5 nitrogen and oxygen atoms in total. The zero-order valence-electron chi connectivity index (χ0n) is 8.68. The van der Waals surface area contributed by atoms with Gasteiger partial charge in [-0.15, -0.1) is 10.2 Å². The fourth-order valence-corrected chi connectivity index (χ4v) is 2.32. The van der Waals surface area contributed by atoms with Crippen LogP contribution in [-0.2, 0) is 6.54 Å². The van der Waals surface area contributed by atoms with Gasteiger partial charge in [-0.05, 0) is 40.8 Å². The van der Waals surface area contributed by atoms with Gasteiger partial charge < -0.3 is 11.1 Å². The average molecular weight is 360 g/mol. The van der Waals surface area contributed by atoms with Gasteiger partial charge in [0.2, 0.25) is 5.13 Å². The molecule has 0 spiro atoms. The lowest BCUT2D eigenvalue weighted by Crippen LogP contribution is -2.22. The Hall–Kier alpha value is -1.22. The Kier molecular flexibility index (Phi) is 3.89. The summed E-state index contributed by atoms with van der Waals surface area (Å²) in [4.78, 5) is 11.8. The van der Waals surface area contributed by atoms with E-state index in [2.05, 4.69) is 38.1 Å². The zero-order valence-corrected chi connectivity index (χ0v) is 11.7. The number of hydrogen-bond donors (Lipinski definition) is 2. The van der Waals surface area contributed by atoms with Crippen molar-refractivity contribution in [1.82, 2.24) is 15.5 Å². The molecule has 0 bridgehead atoms. The smallest absolute Gasteiger partial charge is 0.251 e. The summed E-state index contributed by atoms with van der Waals surface area (Å²) in [6.45, 7) is 0.346. The molecular formula is C10H9IN4OS. The second-order valence-electron chi connectivity index (χ2n) is 3.23. The maximum atomic E-state index is 11.8. The molecule has 0 fully saturated rings. The highest BCUT2D eigenvalue weighted by molar-refractivity contribution is 14.1. The van der Waals surface area contributed by atoms with Crippen molar-refractivity contribution in [3.63, 3.8) is 0 Å². The molecule has 2 rings (SSSR count). The van der Waals surface area contributed by atoms with Crippen molar-refractivity contribution in [2.75, 3.05) is 5.73 Å². The lowest BCUT2D eigenvalue weighted by molar-refractivity contribution is 0.0950. The number of benzene rings is 1. The zero-order chi connectivity index (χ0) is 12.3. The van der Waals surface area contributed by atoms with Crippen molar-refractivity contribution in [2.24, 2.45) is 0 Å². The molecule has 0 unspecified atom stereocenters. The number of hydrogen-bond acceptors (Lipinski definition) is 5. The molecule has 1 aromatic heterocycles. The molecule has 0 aliphatic rings. The van der Waals surface area contributed by atoms with Gasteiger partial charge in [0.15, 0.2) is 0 Å². The summed E-state index contributed by atoms with van der Waals surface area (Å²) in [7, 11) is 0. The van der Waals surface area contributed by atoms with E-state index in [-0.39, 0.29) is 5.91 Å². The quantitative estimate of drug-likeness (QED) is 0.816. The van der Waals surface area contributed by atoms with Crippen LogP contribution in [0.2, 0.25) is 0 Å². The Morgan fingerprint density at radius 3 is 2.94 bits per heavy atom. The fraction of sp³-hybridized carbons (Fsp3) is 0.100. The SMILES string of the molecule is Nc1nnc(CNC(=O)c2cccc(I)c2)s1. The largest absolute Gasteiger partial charge is 0.374 e. The number of aromatic nitrogens is 2. The summed E-state index contributed by atoms with van der Waals surface area (Å²) < 4.78 is 1.02. The number of halogens is 1. The Balaban J connectivity index is 1.98. The summed E-state index contributed by atoms with van der Waals surface area (Å²) in [6, 6.07) is 7.37. The van der Waals surface area contributed by atoms with E-state index >= 15 is 0 Å². The van der Waals surface area contributed by atoms with Gasteiger partial charge >= 0.3 is 0 Å². The number of carbonyl (C=O) groups excluding carboxylic acids is 1. The number of carbonyl (C=O) groups is 1. The molecule has 1 amide bonds. The van der Waals surface area contributed by atoms with Crippen LogP contribution in [-0.4, -0.2) is 16.1 Å². The third kappa shape index (κ3) is 3.37. The maximum absolute atomic E-state index is 11.8. The van der Waals surface area contributed by atoms with E-state index in [4.69, 9.17) is 5.73 Å². The van der Waals surface area contributed by atoms with Crippen molar-refractivity contribution in [3.8, 4) is 0 Å². The fourth-order valence-electron chi connectivity index (χ4n) is 1.23. The predicted molar refractivity (Wildman–Crippen MR) is 74.7 cm³/mol. The van der Waals surface area contributed by atoms with Crippen LogP contribution >= 0.6 is 33.9 Å². The van der Waals surface area contributed by atoms with E-state index in [0.717, 1.165) is 3.57 Å². The van der Waals surface area contributed by atoms with E-state index in [1.807, 2.05) is 18.2 Å². The van der Waals surface area contributed by atoms with Crippen LogP contribution in [0.5, 0.6) is 0 Å². The first kappa shape index (κ1) is 12.2. The van der Waals surface area contributed by atoms with Crippen molar-refractivity contribution >= 4 is 45.0 Å². The number of nitrogen functional groups attached to an aromatic ring is 1. The topological polar surface area (TPSA) is 80.9 Å². The highest BCUT2D eigenvalue weighted by Gasteiger charge is 2.07. The lowest BCUT2D eigenvalue weighted by Gasteiger charge is -2.02. The molecule has 0 atom stereocenters. The molecule has 3 N–H and O–H groups in total. The molecule has 17 heavy (non-hydrogen) atoms. The van der Waals surface area contributed by atoms with E-state index < -0.39 is 0 Å². The number of anilines is 1. The van der Waals surface area contributed by atoms with Crippen molar-refractivity contribution in [2.45, 2.75) is 6.54 Å². The molecule has 1 aromatic carbocycles. The van der Waals surface area contributed by atoms with Crippen LogP contribution < -0.4 is 11.1 Å². The molecule has 1 heterocycles. The summed E-state index contributed by atoms with van der Waals surface area (Å²) in [6.07, 6.45) is 0. The Bertz CT molecular complexity index is 543. The third-order valence-corrected chi connectivity index (χ3v) is 3.39. The summed E-state index contributed by atoms with van der Waals surface area (Å²) in [5.74, 6) is -0.128. The van der Waals surface area contributed by atoms with Gasteiger partial charge in [-0.25, -0.2) is 0 Å². The van der Waals surface area contributed by atoms with Crippen LogP contribution in [0.4, 0.5) is 5.13 Å². The van der Waals surface area contributed by atoms with Crippen LogP contribution in [0.15, 0.2) is 24.3 Å². The summed E-state index contributed by atoms with van der Waals surface area (Å²) in [5, 5.41) is 11.4. The molecule has 0 saturated heterocycles. The minimum atomic E-state index is -0.128. The molecule has 88 valence electrons. The Morgan fingerprint density at radius 2 is 2.29 bits per heavy atom. The maximum Gasteiger partial charge on any atom is 0.251 e. The molecule has 0 aliphatic heterocycles. The molecule has 0 aliphatic carbocycles. The van der Waals surface area contributed by atoms with Gasteiger partial charge in [0, 0.05) is 9.13 Å². The van der Waals surface area contributed by atoms with E-state index in [0.29, 0.717) is 22.2 Å². The highest BCUT2D eigenvalue weighted by Crippen LogP contribution is 2.11. The van der Waals surface area contributed by atoms with Gasteiger partial charge in [-0.3, -0.25) is 4.79 Å². The van der Waals surface area contributed by atoms with Gasteiger partial charge in [-0.1, -0.05) is 17.4 Å². The number of nitrogens with two attached hydrogens (primary N) is 1. The normalized spacial score (nSPS) is 10.2. The summed E-state index contributed by atoms with van der Waals surface area (Å²) >= 11 is 3.43. The first-order chi connectivity index (χ1) is 8.15. The molecule has 2 aromatic rings. The predicted octanol–water partition coefficient (Wildman–Crippen LogP) is 1.65. The Morgan fingerprint density at radius 1 is 1.47 bits per heavy atom. The number of rotatable bonds is 3. The van der Waals surface area contributed by atoms with Crippen molar-refractivity contribution in [1.29, 1.82) is 0 Å². The van der Waals surface area contributed by atoms with E-state index in [9.17, 15) is 4.79 Å². The number of nitrogens with one attached hydrogen (secondary N) is 1. The number of nitrogens with zero attached hydrogens (tertiary/aromatic N) is 2. The molecule has 0 saturated carbocycles. The first-order valence-electron chi connectivity index (χ1n) is 4.77. The minimum Gasteiger partial charge on any atom is -0.374 e. The molecule has 0 radical (unpaired) electrons. The monoisotopic (exact) mass is 360 g/mol. The van der Waals surface area contributed by atoms with Gasteiger partial charge in [-0.2, -0.15) is 0 Å². The van der Waals surface area contributed by atoms with Crippen LogP contribution in [0, 0.1) is 3.57 Å². The van der Waals surface area contributed by atoms with Gasteiger partial charge in [0.05, 0.1) is 6.54 Å². The van der Waals surface area contributed by atoms with Crippen LogP contribution in [0.3, 0.4) is 0 Å². The second kappa shape index (κ2) is 5.41. The molecular weight excluding hydrogens is 351 g/mol. The molecule has 7 heteroatoms. The highest BCUT2D eigenvalue weighted by atomic mass is 127.